The van der Waals surface area contributed by atoms with Crippen LogP contribution in [0.4, 0.5) is 5.69 Å². The minimum atomic E-state index is 0.146. The summed E-state index contributed by atoms with van der Waals surface area (Å²) in [6, 6.07) is 6.38. The Balaban J connectivity index is 2.47. The predicted molar refractivity (Wildman–Crippen MR) is 81.9 cm³/mol. The van der Waals surface area contributed by atoms with Gasteiger partial charge in [0.1, 0.15) is 0 Å². The van der Waals surface area contributed by atoms with Crippen LogP contribution in [-0.2, 0) is 0 Å². The van der Waals surface area contributed by atoms with Crippen LogP contribution in [0.15, 0.2) is 27.8 Å². The number of hydrogen-bond donors (Lipinski definition) is 2. The molecule has 2 atom stereocenters. The van der Waals surface area contributed by atoms with Gasteiger partial charge in [-0.05, 0) is 53.7 Å². The van der Waals surface area contributed by atoms with E-state index < -0.39 is 0 Å². The zero-order chi connectivity index (χ0) is 14.0. The number of halogens is 1. The largest absolute Gasteiger partial charge is 0.409 e. The van der Waals surface area contributed by atoms with Gasteiger partial charge in [0.15, 0.2) is 5.84 Å². The first-order valence-corrected chi connectivity index (χ1v) is 7.38. The number of amidine groups is 1. The molecule has 1 aromatic carbocycles. The Labute approximate surface area is 122 Å². The van der Waals surface area contributed by atoms with Gasteiger partial charge >= 0.3 is 0 Å². The number of anilines is 1. The molecule has 1 aromatic rings. The molecule has 0 saturated carbocycles. The van der Waals surface area contributed by atoms with E-state index in [0.717, 1.165) is 22.3 Å². The molecule has 2 rings (SSSR count). The molecular formula is C14H20BrN3O. The second kappa shape index (κ2) is 5.82. The maximum Gasteiger partial charge on any atom is 0.173 e. The highest BCUT2D eigenvalue weighted by Gasteiger charge is 2.27. The number of hydrogen-bond acceptors (Lipinski definition) is 3. The van der Waals surface area contributed by atoms with Crippen molar-refractivity contribution in [3.63, 3.8) is 0 Å². The molecule has 19 heavy (non-hydrogen) atoms. The molecule has 4 nitrogen and oxygen atoms in total. The Morgan fingerprint density at radius 2 is 2.21 bits per heavy atom. The molecule has 0 radical (unpaired) electrons. The van der Waals surface area contributed by atoms with E-state index in [9.17, 15) is 0 Å². The van der Waals surface area contributed by atoms with Crippen molar-refractivity contribution < 1.29 is 5.21 Å². The molecule has 5 heteroatoms. The van der Waals surface area contributed by atoms with Crippen LogP contribution in [0, 0.1) is 5.92 Å². The van der Waals surface area contributed by atoms with E-state index >= 15 is 0 Å². The lowest BCUT2D eigenvalue weighted by molar-refractivity contribution is 0.318. The van der Waals surface area contributed by atoms with Gasteiger partial charge in [-0.25, -0.2) is 0 Å². The zero-order valence-corrected chi connectivity index (χ0v) is 12.9. The first kappa shape index (κ1) is 14.2. The zero-order valence-electron chi connectivity index (χ0n) is 11.3. The lowest BCUT2D eigenvalue weighted by Crippen LogP contribution is -2.43. The highest BCUT2D eigenvalue weighted by atomic mass is 79.9. The number of benzene rings is 1. The Kier molecular flexibility index (Phi) is 4.34. The van der Waals surface area contributed by atoms with Crippen molar-refractivity contribution in [2.75, 3.05) is 11.4 Å². The fourth-order valence-electron chi connectivity index (χ4n) is 2.73. The van der Waals surface area contributed by atoms with Gasteiger partial charge in [0.2, 0.25) is 0 Å². The quantitative estimate of drug-likeness (QED) is 0.380. The summed E-state index contributed by atoms with van der Waals surface area (Å²) in [4.78, 5) is 2.35. The fourth-order valence-corrected chi connectivity index (χ4v) is 3.29. The summed E-state index contributed by atoms with van der Waals surface area (Å²) in [6.07, 6.45) is 2.43. The molecule has 0 amide bonds. The Morgan fingerprint density at radius 3 is 2.89 bits per heavy atom. The van der Waals surface area contributed by atoms with Crippen molar-refractivity contribution in [2.24, 2.45) is 16.8 Å². The third-order valence-electron chi connectivity index (χ3n) is 4.04. The summed E-state index contributed by atoms with van der Waals surface area (Å²) in [5.74, 6) is 0.792. The van der Waals surface area contributed by atoms with E-state index in [4.69, 9.17) is 10.9 Å². The highest BCUT2D eigenvalue weighted by molar-refractivity contribution is 9.10. The van der Waals surface area contributed by atoms with E-state index in [2.05, 4.69) is 39.8 Å². The van der Waals surface area contributed by atoms with Gasteiger partial charge in [0, 0.05) is 22.7 Å². The van der Waals surface area contributed by atoms with Gasteiger partial charge in [-0.15, -0.1) is 0 Å². The molecule has 1 aliphatic rings. The minimum absolute atomic E-state index is 0.146. The molecule has 3 N–H and O–H groups in total. The van der Waals surface area contributed by atoms with Gasteiger partial charge in [0.05, 0.1) is 5.56 Å². The molecule has 0 aliphatic carbocycles. The van der Waals surface area contributed by atoms with Gasteiger partial charge in [0.25, 0.3) is 0 Å². The predicted octanol–water partition coefficient (Wildman–Crippen LogP) is 3.17. The number of nitrogens with two attached hydrogens (primary N) is 1. The maximum absolute atomic E-state index is 8.98. The van der Waals surface area contributed by atoms with Crippen LogP contribution in [-0.4, -0.2) is 23.6 Å². The molecule has 0 aromatic heterocycles. The summed E-state index contributed by atoms with van der Waals surface area (Å²) < 4.78 is 0.853. The number of rotatable bonds is 2. The van der Waals surface area contributed by atoms with Crippen LogP contribution < -0.4 is 10.6 Å². The van der Waals surface area contributed by atoms with E-state index in [1.165, 1.54) is 12.8 Å². The summed E-state index contributed by atoms with van der Waals surface area (Å²) in [5.41, 5.74) is 7.63. The van der Waals surface area contributed by atoms with Crippen molar-refractivity contribution in [1.29, 1.82) is 0 Å². The Bertz CT molecular complexity index is 490. The van der Waals surface area contributed by atoms with Crippen molar-refractivity contribution in [2.45, 2.75) is 32.7 Å². The number of oxime groups is 1. The molecular weight excluding hydrogens is 306 g/mol. The summed E-state index contributed by atoms with van der Waals surface area (Å²) in [6.45, 7) is 5.52. The third kappa shape index (κ3) is 2.71. The topological polar surface area (TPSA) is 61.8 Å². The van der Waals surface area contributed by atoms with E-state index in [0.29, 0.717) is 12.0 Å². The van der Waals surface area contributed by atoms with Crippen molar-refractivity contribution >= 4 is 27.5 Å². The average molecular weight is 326 g/mol. The monoisotopic (exact) mass is 325 g/mol. The molecule has 0 bridgehead atoms. The number of nitrogens with zero attached hydrogens (tertiary/aromatic N) is 2. The molecule has 1 saturated heterocycles. The maximum atomic E-state index is 8.98. The normalized spacial score (nSPS) is 24.6. The average Bonchev–Trinajstić information content (AvgIpc) is 2.41. The fraction of sp³-hybridized carbons (Fsp3) is 0.500. The van der Waals surface area contributed by atoms with Crippen LogP contribution in [0.1, 0.15) is 32.3 Å². The van der Waals surface area contributed by atoms with Gasteiger partial charge < -0.3 is 15.8 Å². The minimum Gasteiger partial charge on any atom is -0.409 e. The van der Waals surface area contributed by atoms with Crippen molar-refractivity contribution in [1.82, 2.24) is 0 Å². The molecule has 1 aliphatic heterocycles. The third-order valence-corrected chi connectivity index (χ3v) is 4.70. The Hall–Kier alpha value is -1.23. The molecule has 2 unspecified atom stereocenters. The van der Waals surface area contributed by atoms with E-state index in [1.54, 1.807) is 0 Å². The van der Waals surface area contributed by atoms with Gasteiger partial charge in [-0.2, -0.15) is 0 Å². The van der Waals surface area contributed by atoms with Crippen LogP contribution >= 0.6 is 15.9 Å². The van der Waals surface area contributed by atoms with Crippen LogP contribution in [0.3, 0.4) is 0 Å². The SMILES string of the molecule is CC1CCCN(c2cccc(Br)c2/C(N)=N/O)C1C. The lowest BCUT2D eigenvalue weighted by atomic mass is 9.91. The van der Waals surface area contributed by atoms with Gasteiger partial charge in [-0.3, -0.25) is 0 Å². The smallest absolute Gasteiger partial charge is 0.173 e. The molecule has 0 spiro atoms. The van der Waals surface area contributed by atoms with Crippen LogP contribution in [0.5, 0.6) is 0 Å². The van der Waals surface area contributed by atoms with Gasteiger partial charge in [-0.1, -0.05) is 18.1 Å². The Morgan fingerprint density at radius 1 is 1.47 bits per heavy atom. The summed E-state index contributed by atoms with van der Waals surface area (Å²) >= 11 is 3.49. The molecule has 1 heterocycles. The first-order chi connectivity index (χ1) is 9.06. The lowest BCUT2D eigenvalue weighted by Gasteiger charge is -2.40. The van der Waals surface area contributed by atoms with E-state index in [-0.39, 0.29) is 5.84 Å². The second-order valence-electron chi connectivity index (χ2n) is 5.17. The van der Waals surface area contributed by atoms with Crippen molar-refractivity contribution in [3.05, 3.63) is 28.2 Å². The molecule has 1 fully saturated rings. The summed E-state index contributed by atoms with van der Waals surface area (Å²) in [5, 5.41) is 12.1. The summed E-state index contributed by atoms with van der Waals surface area (Å²) in [7, 11) is 0. The van der Waals surface area contributed by atoms with Crippen LogP contribution in [0.2, 0.25) is 0 Å². The second-order valence-corrected chi connectivity index (χ2v) is 6.03. The molecule has 104 valence electrons. The highest BCUT2D eigenvalue weighted by Crippen LogP contribution is 2.33. The van der Waals surface area contributed by atoms with Crippen LogP contribution in [0.25, 0.3) is 0 Å². The standard InChI is InChI=1S/C14H20BrN3O/c1-9-5-4-8-18(10(9)2)12-7-3-6-11(15)13(12)14(16)17-19/h3,6-7,9-10,19H,4-5,8H2,1-2H3,(H2,16,17). The number of piperidine rings is 1. The van der Waals surface area contributed by atoms with Crippen molar-refractivity contribution in [3.8, 4) is 0 Å². The van der Waals surface area contributed by atoms with E-state index in [1.807, 2.05) is 18.2 Å². The first-order valence-electron chi connectivity index (χ1n) is 6.59.